The summed E-state index contributed by atoms with van der Waals surface area (Å²) in [6.07, 6.45) is 3.54. The highest BCUT2D eigenvalue weighted by Crippen LogP contribution is 2.22. The molecule has 4 heteroatoms. The third-order valence-corrected chi connectivity index (χ3v) is 3.95. The van der Waals surface area contributed by atoms with E-state index in [4.69, 9.17) is 4.74 Å². The van der Waals surface area contributed by atoms with Crippen LogP contribution in [0.3, 0.4) is 0 Å². The fourth-order valence-electron chi connectivity index (χ4n) is 2.83. The summed E-state index contributed by atoms with van der Waals surface area (Å²) in [6, 6.07) is 13.9. The van der Waals surface area contributed by atoms with Crippen LogP contribution < -0.4 is 4.74 Å². The Kier molecular flexibility index (Phi) is 5.03. The molecule has 3 rings (SSSR count). The highest BCUT2D eigenvalue weighted by Gasteiger charge is 2.18. The molecule has 0 aliphatic carbocycles. The average Bonchev–Trinajstić information content (AvgIpc) is 2.55. The molecule has 1 fully saturated rings. The Balaban J connectivity index is 1.64. The van der Waals surface area contributed by atoms with Gasteiger partial charge in [0.15, 0.2) is 0 Å². The van der Waals surface area contributed by atoms with Gasteiger partial charge in [-0.1, -0.05) is 24.3 Å². The third kappa shape index (κ3) is 4.06. The average molecular weight is 298 g/mol. The molecule has 1 unspecified atom stereocenters. The molecule has 2 heterocycles. The fraction of sp³-hybridized carbons (Fsp3) is 0.389. The van der Waals surface area contributed by atoms with Crippen molar-refractivity contribution >= 4 is 0 Å². The third-order valence-electron chi connectivity index (χ3n) is 3.95. The molecule has 4 nitrogen and oxygen atoms in total. The molecule has 1 aliphatic heterocycles. The largest absolute Gasteiger partial charge is 0.487 e. The molecule has 22 heavy (non-hydrogen) atoms. The lowest BCUT2D eigenvalue weighted by Crippen LogP contribution is -2.37. The number of aliphatic hydroxyl groups is 1. The number of aliphatic hydroxyl groups excluding tert-OH is 1. The van der Waals surface area contributed by atoms with Crippen molar-refractivity contribution in [2.75, 3.05) is 13.1 Å². The summed E-state index contributed by atoms with van der Waals surface area (Å²) in [7, 11) is 0. The van der Waals surface area contributed by atoms with E-state index in [2.05, 4.69) is 16.0 Å². The second-order valence-electron chi connectivity index (χ2n) is 5.75. The van der Waals surface area contributed by atoms with Gasteiger partial charge < -0.3 is 9.84 Å². The number of hydrogen-bond acceptors (Lipinski definition) is 4. The summed E-state index contributed by atoms with van der Waals surface area (Å²) in [5.41, 5.74) is 2.08. The van der Waals surface area contributed by atoms with Crippen molar-refractivity contribution in [3.05, 3.63) is 59.9 Å². The van der Waals surface area contributed by atoms with Crippen molar-refractivity contribution < 1.29 is 9.84 Å². The molecule has 1 aromatic carbocycles. The number of nitrogens with zero attached hydrogens (tertiary/aromatic N) is 2. The van der Waals surface area contributed by atoms with E-state index in [1.165, 1.54) is 0 Å². The van der Waals surface area contributed by atoms with E-state index in [-0.39, 0.29) is 6.10 Å². The minimum Gasteiger partial charge on any atom is -0.487 e. The summed E-state index contributed by atoms with van der Waals surface area (Å²) in [6.45, 7) is 3.07. The van der Waals surface area contributed by atoms with Crippen molar-refractivity contribution in [2.45, 2.75) is 32.1 Å². The van der Waals surface area contributed by atoms with E-state index < -0.39 is 0 Å². The van der Waals surface area contributed by atoms with Gasteiger partial charge in [0.25, 0.3) is 0 Å². The second-order valence-corrected chi connectivity index (χ2v) is 5.75. The molecule has 0 amide bonds. The second kappa shape index (κ2) is 7.38. The Morgan fingerprint density at radius 3 is 2.86 bits per heavy atom. The smallest absolute Gasteiger partial charge is 0.130 e. The van der Waals surface area contributed by atoms with Crippen molar-refractivity contribution in [2.24, 2.45) is 0 Å². The highest BCUT2D eigenvalue weighted by molar-refractivity contribution is 5.33. The van der Waals surface area contributed by atoms with E-state index in [9.17, 15) is 5.11 Å². The molecular formula is C18H22N2O2. The van der Waals surface area contributed by atoms with Gasteiger partial charge in [-0.15, -0.1) is 0 Å². The Morgan fingerprint density at radius 1 is 1.18 bits per heavy atom. The van der Waals surface area contributed by atoms with Gasteiger partial charge in [0.1, 0.15) is 12.4 Å². The summed E-state index contributed by atoms with van der Waals surface area (Å²) in [5.74, 6) is 0.896. The van der Waals surface area contributed by atoms with Gasteiger partial charge in [-0.05, 0) is 37.6 Å². The number of rotatable bonds is 5. The van der Waals surface area contributed by atoms with E-state index in [0.29, 0.717) is 6.61 Å². The van der Waals surface area contributed by atoms with E-state index in [1.54, 1.807) is 6.20 Å². The maximum Gasteiger partial charge on any atom is 0.130 e. The van der Waals surface area contributed by atoms with Crippen molar-refractivity contribution in [3.8, 4) is 5.75 Å². The van der Waals surface area contributed by atoms with Crippen LogP contribution in [0.4, 0.5) is 0 Å². The maximum atomic E-state index is 9.80. The molecular weight excluding hydrogens is 276 g/mol. The first-order valence-electron chi connectivity index (χ1n) is 7.82. The molecule has 1 saturated heterocycles. The molecule has 0 radical (unpaired) electrons. The standard InChI is InChI=1S/C18H22N2O2/c21-17-8-5-11-20(13-17)12-15-6-1-2-9-18(15)22-14-16-7-3-4-10-19-16/h1-4,6-7,9-10,17,21H,5,8,11-14H2. The number of benzene rings is 1. The predicted octanol–water partition coefficient (Wildman–Crippen LogP) is 2.62. The molecule has 1 aromatic heterocycles. The van der Waals surface area contributed by atoms with Gasteiger partial charge in [0.2, 0.25) is 0 Å². The summed E-state index contributed by atoms with van der Waals surface area (Å²) >= 11 is 0. The maximum absolute atomic E-state index is 9.80. The minimum atomic E-state index is -0.199. The van der Waals surface area contributed by atoms with Crippen LogP contribution in [0.1, 0.15) is 24.1 Å². The molecule has 2 aromatic rings. The number of pyridine rings is 1. The van der Waals surface area contributed by atoms with E-state index in [1.807, 2.05) is 36.4 Å². The Morgan fingerprint density at radius 2 is 2.05 bits per heavy atom. The monoisotopic (exact) mass is 298 g/mol. The first-order chi connectivity index (χ1) is 10.8. The topological polar surface area (TPSA) is 45.6 Å². The zero-order valence-corrected chi connectivity index (χ0v) is 12.7. The van der Waals surface area contributed by atoms with Gasteiger partial charge >= 0.3 is 0 Å². The van der Waals surface area contributed by atoms with Gasteiger partial charge in [0, 0.05) is 24.8 Å². The number of likely N-dealkylation sites (tertiary alicyclic amines) is 1. The number of hydrogen-bond donors (Lipinski definition) is 1. The Hall–Kier alpha value is -1.91. The minimum absolute atomic E-state index is 0.199. The molecule has 1 N–H and O–H groups in total. The number of aromatic nitrogens is 1. The van der Waals surface area contributed by atoms with Crippen LogP contribution in [0.2, 0.25) is 0 Å². The number of para-hydroxylation sites is 1. The van der Waals surface area contributed by atoms with Crippen molar-refractivity contribution in [3.63, 3.8) is 0 Å². The van der Waals surface area contributed by atoms with Crippen LogP contribution >= 0.6 is 0 Å². The van der Waals surface area contributed by atoms with Crippen LogP contribution in [0.15, 0.2) is 48.7 Å². The van der Waals surface area contributed by atoms with Crippen molar-refractivity contribution in [1.82, 2.24) is 9.88 Å². The highest BCUT2D eigenvalue weighted by atomic mass is 16.5. The first-order valence-corrected chi connectivity index (χ1v) is 7.82. The lowest BCUT2D eigenvalue weighted by atomic mass is 10.1. The zero-order chi connectivity index (χ0) is 15.2. The van der Waals surface area contributed by atoms with Crippen molar-refractivity contribution in [1.29, 1.82) is 0 Å². The number of piperidine rings is 1. The van der Waals surface area contributed by atoms with E-state index in [0.717, 1.165) is 49.5 Å². The number of ether oxygens (including phenoxy) is 1. The molecule has 0 bridgehead atoms. The number of β-amino-alcohol motifs (C(OH)–C–C–N with tert-alkyl or cyclic N) is 1. The summed E-state index contributed by atoms with van der Waals surface area (Å²) in [4.78, 5) is 6.57. The van der Waals surface area contributed by atoms with E-state index >= 15 is 0 Å². The molecule has 0 spiro atoms. The Labute approximate surface area is 131 Å². The quantitative estimate of drug-likeness (QED) is 0.921. The van der Waals surface area contributed by atoms with Gasteiger partial charge in [-0.3, -0.25) is 9.88 Å². The van der Waals surface area contributed by atoms with Crippen LogP contribution in [0, 0.1) is 0 Å². The molecule has 116 valence electrons. The van der Waals surface area contributed by atoms with Crippen LogP contribution in [-0.4, -0.2) is 34.2 Å². The Bertz CT molecular complexity index is 589. The van der Waals surface area contributed by atoms with Crippen LogP contribution in [-0.2, 0) is 13.2 Å². The molecule has 1 atom stereocenters. The normalized spacial score (nSPS) is 19.0. The summed E-state index contributed by atoms with van der Waals surface area (Å²) in [5, 5.41) is 9.80. The van der Waals surface area contributed by atoms with Crippen LogP contribution in [0.25, 0.3) is 0 Å². The molecule has 1 aliphatic rings. The van der Waals surface area contributed by atoms with Gasteiger partial charge in [0.05, 0.1) is 11.8 Å². The summed E-state index contributed by atoms with van der Waals surface area (Å²) < 4.78 is 5.94. The zero-order valence-electron chi connectivity index (χ0n) is 12.7. The SMILES string of the molecule is OC1CCCN(Cc2ccccc2OCc2ccccn2)C1. The predicted molar refractivity (Wildman–Crippen MR) is 85.5 cm³/mol. The van der Waals surface area contributed by atoms with Gasteiger partial charge in [-0.2, -0.15) is 0 Å². The van der Waals surface area contributed by atoms with Crippen LogP contribution in [0.5, 0.6) is 5.75 Å². The first kappa shape index (κ1) is 15.0. The lowest BCUT2D eigenvalue weighted by molar-refractivity contribution is 0.0662. The molecule has 0 saturated carbocycles. The fourth-order valence-corrected chi connectivity index (χ4v) is 2.83. The van der Waals surface area contributed by atoms with Gasteiger partial charge in [-0.25, -0.2) is 0 Å². The lowest BCUT2D eigenvalue weighted by Gasteiger charge is -2.30.